The molecule has 2 aliphatic heterocycles. The Morgan fingerprint density at radius 3 is 2.67 bits per heavy atom. The third kappa shape index (κ3) is 4.38. The summed E-state index contributed by atoms with van der Waals surface area (Å²) in [6.07, 6.45) is 3.57. The first-order valence-electron chi connectivity index (χ1n) is 11.1. The average molecular weight is 417 g/mol. The monoisotopic (exact) mass is 416 g/mol. The van der Waals surface area contributed by atoms with Crippen molar-refractivity contribution in [2.24, 2.45) is 11.8 Å². The normalized spacial score (nSPS) is 28.1. The van der Waals surface area contributed by atoms with Crippen LogP contribution in [0, 0.1) is 11.8 Å². The molecule has 1 spiro atoms. The van der Waals surface area contributed by atoms with E-state index in [1.165, 1.54) is 4.90 Å². The summed E-state index contributed by atoms with van der Waals surface area (Å²) < 4.78 is 17.3. The van der Waals surface area contributed by atoms with Gasteiger partial charge in [-0.1, -0.05) is 25.1 Å². The number of carbonyl (C=O) groups excluding carboxylic acids is 2. The Morgan fingerprint density at radius 1 is 1.23 bits per heavy atom. The van der Waals surface area contributed by atoms with E-state index in [4.69, 9.17) is 14.2 Å². The van der Waals surface area contributed by atoms with Gasteiger partial charge in [-0.2, -0.15) is 0 Å². The molecular weight excluding hydrogens is 384 g/mol. The topological polar surface area (TPSA) is 68.3 Å². The SMILES string of the molecule is CCCN(C(=O)Oc1ccccc1)C(=O)[C@@H]1C[C@@H]2CC3(CC[C@H]2N(C)C1)OCCO3. The standard InChI is InChI=1S/C23H32N2O5/c1-3-11-25(22(27)30-19-7-5-4-6-8-19)21(26)18-14-17-15-23(28-12-13-29-23)10-9-20(17)24(2)16-18/h4-8,17-18,20H,3,9-16H2,1-2H3/t17-,18-,20-/m1/s1. The fourth-order valence-electron chi connectivity index (χ4n) is 5.30. The summed E-state index contributed by atoms with van der Waals surface area (Å²) in [5.41, 5.74) is 0. The third-order valence-corrected chi connectivity index (χ3v) is 6.64. The van der Waals surface area contributed by atoms with Crippen LogP contribution in [0.5, 0.6) is 5.75 Å². The minimum atomic E-state index is -0.597. The number of imide groups is 1. The zero-order chi connectivity index (χ0) is 21.1. The largest absolute Gasteiger partial charge is 0.421 e. The maximum absolute atomic E-state index is 13.4. The first kappa shape index (κ1) is 21.3. The Bertz CT molecular complexity index is 749. The highest BCUT2D eigenvalue weighted by Crippen LogP contribution is 2.45. The molecule has 3 atom stereocenters. The van der Waals surface area contributed by atoms with E-state index >= 15 is 0 Å². The number of nitrogens with zero attached hydrogens (tertiary/aromatic N) is 2. The number of rotatable bonds is 4. The summed E-state index contributed by atoms with van der Waals surface area (Å²) in [6.45, 7) is 4.26. The highest BCUT2D eigenvalue weighted by molar-refractivity contribution is 5.94. The van der Waals surface area contributed by atoms with Gasteiger partial charge in [0.05, 0.1) is 19.1 Å². The van der Waals surface area contributed by atoms with Crippen LogP contribution >= 0.6 is 0 Å². The van der Waals surface area contributed by atoms with Crippen LogP contribution in [0.4, 0.5) is 4.79 Å². The molecule has 3 fully saturated rings. The number of amides is 2. The maximum Gasteiger partial charge on any atom is 0.421 e. The third-order valence-electron chi connectivity index (χ3n) is 6.64. The summed E-state index contributed by atoms with van der Waals surface area (Å²) in [6, 6.07) is 9.33. The van der Waals surface area contributed by atoms with Crippen molar-refractivity contribution in [1.82, 2.24) is 9.80 Å². The molecule has 0 bridgehead atoms. The van der Waals surface area contributed by atoms with Gasteiger partial charge >= 0.3 is 6.09 Å². The zero-order valence-electron chi connectivity index (χ0n) is 17.9. The van der Waals surface area contributed by atoms with Crippen molar-refractivity contribution in [3.05, 3.63) is 30.3 Å². The van der Waals surface area contributed by atoms with E-state index in [2.05, 4.69) is 11.9 Å². The smallest absolute Gasteiger partial charge is 0.410 e. The second-order valence-corrected chi connectivity index (χ2v) is 8.72. The fraction of sp³-hybridized carbons (Fsp3) is 0.652. The van der Waals surface area contributed by atoms with Crippen molar-refractivity contribution in [2.75, 3.05) is 33.4 Å². The molecule has 4 rings (SSSR count). The number of piperidine rings is 1. The Morgan fingerprint density at radius 2 is 1.97 bits per heavy atom. The fourth-order valence-corrected chi connectivity index (χ4v) is 5.30. The number of hydrogen-bond acceptors (Lipinski definition) is 6. The molecule has 1 aliphatic carbocycles. The van der Waals surface area contributed by atoms with Crippen molar-refractivity contribution in [3.8, 4) is 5.75 Å². The van der Waals surface area contributed by atoms with Gasteiger partial charge in [0, 0.05) is 32.0 Å². The molecule has 0 unspecified atom stereocenters. The molecule has 2 saturated heterocycles. The van der Waals surface area contributed by atoms with Crippen LogP contribution < -0.4 is 4.74 Å². The van der Waals surface area contributed by atoms with Crippen LogP contribution in [-0.2, 0) is 14.3 Å². The quantitative estimate of drug-likeness (QED) is 0.750. The predicted octanol–water partition coefficient (Wildman–Crippen LogP) is 3.29. The Balaban J connectivity index is 1.45. The molecule has 164 valence electrons. The van der Waals surface area contributed by atoms with Gasteiger partial charge in [0.25, 0.3) is 0 Å². The van der Waals surface area contributed by atoms with Gasteiger partial charge in [-0.3, -0.25) is 4.79 Å². The van der Waals surface area contributed by atoms with Gasteiger partial charge in [-0.05, 0) is 44.4 Å². The second kappa shape index (κ2) is 9.04. The molecule has 2 heterocycles. The number of benzene rings is 1. The molecule has 7 nitrogen and oxygen atoms in total. The van der Waals surface area contributed by atoms with Crippen LogP contribution in [0.15, 0.2) is 30.3 Å². The number of carbonyl (C=O) groups is 2. The number of para-hydroxylation sites is 1. The molecule has 0 aromatic heterocycles. The summed E-state index contributed by atoms with van der Waals surface area (Å²) >= 11 is 0. The van der Waals surface area contributed by atoms with Crippen molar-refractivity contribution in [1.29, 1.82) is 0 Å². The van der Waals surface area contributed by atoms with Gasteiger partial charge < -0.3 is 19.1 Å². The average Bonchev–Trinajstić information content (AvgIpc) is 3.19. The number of hydrogen-bond donors (Lipinski definition) is 0. The Hall–Kier alpha value is -1.96. The van der Waals surface area contributed by atoms with E-state index in [-0.39, 0.29) is 11.8 Å². The number of fused-ring (bicyclic) bond motifs is 1. The molecule has 3 aliphatic rings. The number of likely N-dealkylation sites (tertiary alicyclic amines) is 1. The highest BCUT2D eigenvalue weighted by atomic mass is 16.7. The highest BCUT2D eigenvalue weighted by Gasteiger charge is 2.49. The van der Waals surface area contributed by atoms with Gasteiger partial charge in [-0.15, -0.1) is 0 Å². The molecule has 0 N–H and O–H groups in total. The maximum atomic E-state index is 13.4. The van der Waals surface area contributed by atoms with Crippen LogP contribution in [-0.4, -0.2) is 67.0 Å². The molecular formula is C23H32N2O5. The molecule has 30 heavy (non-hydrogen) atoms. The molecule has 0 radical (unpaired) electrons. The van der Waals surface area contributed by atoms with Crippen LogP contribution in [0.3, 0.4) is 0 Å². The van der Waals surface area contributed by atoms with Crippen molar-refractivity contribution >= 4 is 12.0 Å². The van der Waals surface area contributed by atoms with Gasteiger partial charge in [0.15, 0.2) is 5.79 Å². The summed E-state index contributed by atoms with van der Waals surface area (Å²) in [7, 11) is 2.08. The van der Waals surface area contributed by atoms with E-state index < -0.39 is 11.9 Å². The summed E-state index contributed by atoms with van der Waals surface area (Å²) in [5.74, 6) is -0.0822. The Labute approximate surface area is 178 Å². The molecule has 1 saturated carbocycles. The molecule has 2 amide bonds. The minimum absolute atomic E-state index is 0.143. The minimum Gasteiger partial charge on any atom is -0.410 e. The van der Waals surface area contributed by atoms with E-state index in [0.29, 0.717) is 50.4 Å². The predicted molar refractivity (Wildman–Crippen MR) is 111 cm³/mol. The van der Waals surface area contributed by atoms with E-state index in [1.807, 2.05) is 13.0 Å². The summed E-state index contributed by atoms with van der Waals surface area (Å²) in [4.78, 5) is 29.7. The van der Waals surface area contributed by atoms with Crippen LogP contribution in [0.2, 0.25) is 0 Å². The van der Waals surface area contributed by atoms with Crippen molar-refractivity contribution in [2.45, 2.75) is 50.9 Å². The lowest BCUT2D eigenvalue weighted by Crippen LogP contribution is -2.56. The summed E-state index contributed by atoms with van der Waals surface area (Å²) in [5, 5.41) is 0. The van der Waals surface area contributed by atoms with Crippen molar-refractivity contribution in [3.63, 3.8) is 0 Å². The first-order chi connectivity index (χ1) is 14.5. The lowest BCUT2D eigenvalue weighted by atomic mass is 9.72. The lowest BCUT2D eigenvalue weighted by Gasteiger charge is -2.49. The zero-order valence-corrected chi connectivity index (χ0v) is 17.9. The molecule has 1 aromatic rings. The second-order valence-electron chi connectivity index (χ2n) is 8.72. The molecule has 7 heteroatoms. The first-order valence-corrected chi connectivity index (χ1v) is 11.1. The van der Waals surface area contributed by atoms with Crippen LogP contribution in [0.25, 0.3) is 0 Å². The lowest BCUT2D eigenvalue weighted by molar-refractivity contribution is -0.202. The molecule has 1 aromatic carbocycles. The van der Waals surface area contributed by atoms with Gasteiger partial charge in [-0.25, -0.2) is 9.69 Å². The number of ether oxygens (including phenoxy) is 3. The van der Waals surface area contributed by atoms with Crippen LogP contribution in [0.1, 0.15) is 39.0 Å². The van der Waals surface area contributed by atoms with Gasteiger partial charge in [0.2, 0.25) is 5.91 Å². The van der Waals surface area contributed by atoms with E-state index in [1.54, 1.807) is 24.3 Å². The Kier molecular flexibility index (Phi) is 6.41. The van der Waals surface area contributed by atoms with Crippen molar-refractivity contribution < 1.29 is 23.8 Å². The van der Waals surface area contributed by atoms with Gasteiger partial charge in [0.1, 0.15) is 5.75 Å². The van der Waals surface area contributed by atoms with E-state index in [9.17, 15) is 9.59 Å². The van der Waals surface area contributed by atoms with E-state index in [0.717, 1.165) is 25.7 Å².